The van der Waals surface area contributed by atoms with Gasteiger partial charge in [0.1, 0.15) is 12.1 Å². The molecule has 72 valence electrons. The lowest BCUT2D eigenvalue weighted by Gasteiger charge is -2.04. The van der Waals surface area contributed by atoms with Gasteiger partial charge >= 0.3 is 0 Å². The quantitative estimate of drug-likeness (QED) is 0.755. The van der Waals surface area contributed by atoms with Crippen LogP contribution in [0, 0.1) is 11.3 Å². The lowest BCUT2D eigenvalue weighted by atomic mass is 10.0. The summed E-state index contributed by atoms with van der Waals surface area (Å²) in [6.45, 7) is 0. The Morgan fingerprint density at radius 3 is 2.60 bits per heavy atom. The van der Waals surface area contributed by atoms with Gasteiger partial charge in [-0.3, -0.25) is 0 Å². The van der Waals surface area contributed by atoms with Crippen LogP contribution in [-0.2, 0) is 0 Å². The van der Waals surface area contributed by atoms with E-state index in [0.29, 0.717) is 16.7 Å². The minimum atomic E-state index is 0.0591. The van der Waals surface area contributed by atoms with Gasteiger partial charge in [-0.15, -0.1) is 0 Å². The molecule has 1 aromatic carbocycles. The maximum absolute atomic E-state index is 9.67. The van der Waals surface area contributed by atoms with E-state index in [0.717, 1.165) is 0 Å². The first-order chi connectivity index (χ1) is 7.33. The summed E-state index contributed by atoms with van der Waals surface area (Å²) in [5, 5.41) is 18.6. The summed E-state index contributed by atoms with van der Waals surface area (Å²) < 4.78 is 0. The molecular weight excluding hydrogens is 190 g/mol. The normalized spacial score (nSPS) is 9.53. The number of hydrogen-bond acceptors (Lipinski definition) is 4. The summed E-state index contributed by atoms with van der Waals surface area (Å²) in [6.07, 6.45) is 4.52. The van der Waals surface area contributed by atoms with Crippen molar-refractivity contribution in [3.8, 4) is 22.9 Å². The molecule has 1 N–H and O–H groups in total. The Bertz CT molecular complexity index is 517. The lowest BCUT2D eigenvalue weighted by Crippen LogP contribution is -1.87. The molecule has 0 aliphatic carbocycles. The second-order valence-electron chi connectivity index (χ2n) is 2.94. The van der Waals surface area contributed by atoms with Crippen LogP contribution in [0.1, 0.15) is 5.56 Å². The van der Waals surface area contributed by atoms with Crippen molar-refractivity contribution in [3.63, 3.8) is 0 Å². The molecule has 1 aromatic heterocycles. The Kier molecular flexibility index (Phi) is 2.30. The van der Waals surface area contributed by atoms with Crippen molar-refractivity contribution < 1.29 is 5.11 Å². The number of nitrogens with zero attached hydrogens (tertiary/aromatic N) is 3. The minimum Gasteiger partial charge on any atom is -0.507 e. The Labute approximate surface area is 86.5 Å². The number of phenols is 1. The topological polar surface area (TPSA) is 69.8 Å². The van der Waals surface area contributed by atoms with Crippen molar-refractivity contribution in [1.82, 2.24) is 9.97 Å². The predicted octanol–water partition coefficient (Wildman–Crippen LogP) is 1.72. The van der Waals surface area contributed by atoms with E-state index in [1.54, 1.807) is 24.5 Å². The summed E-state index contributed by atoms with van der Waals surface area (Å²) in [5.41, 5.74) is 1.51. The van der Waals surface area contributed by atoms with E-state index in [1.807, 2.05) is 6.07 Å². The molecule has 2 aromatic rings. The molecule has 0 aliphatic rings. The zero-order valence-electron chi connectivity index (χ0n) is 7.75. The minimum absolute atomic E-state index is 0.0591. The smallest absolute Gasteiger partial charge is 0.124 e. The highest BCUT2D eigenvalue weighted by Gasteiger charge is 2.09. The molecule has 4 heteroatoms. The maximum atomic E-state index is 9.67. The van der Waals surface area contributed by atoms with Crippen LogP contribution in [0.5, 0.6) is 5.75 Å². The first kappa shape index (κ1) is 9.16. The average molecular weight is 197 g/mol. The second kappa shape index (κ2) is 3.76. The molecule has 0 fully saturated rings. The molecule has 0 unspecified atom stereocenters. The highest BCUT2D eigenvalue weighted by atomic mass is 16.3. The predicted molar refractivity (Wildman–Crippen MR) is 53.8 cm³/mol. The molecule has 0 saturated heterocycles. The van der Waals surface area contributed by atoms with E-state index in [-0.39, 0.29) is 5.75 Å². The number of phenolic OH excluding ortho intramolecular Hbond substituents is 1. The van der Waals surface area contributed by atoms with Gasteiger partial charge in [-0.05, 0) is 12.1 Å². The van der Waals surface area contributed by atoms with E-state index in [4.69, 9.17) is 5.26 Å². The zero-order valence-corrected chi connectivity index (χ0v) is 7.75. The number of benzene rings is 1. The van der Waals surface area contributed by atoms with Gasteiger partial charge in [-0.2, -0.15) is 5.26 Å². The highest BCUT2D eigenvalue weighted by Crippen LogP contribution is 2.30. The fourth-order valence-electron chi connectivity index (χ4n) is 1.36. The van der Waals surface area contributed by atoms with E-state index >= 15 is 0 Å². The molecule has 0 saturated carbocycles. The van der Waals surface area contributed by atoms with Gasteiger partial charge in [0, 0.05) is 23.5 Å². The molecule has 0 bridgehead atoms. The molecule has 0 spiro atoms. The van der Waals surface area contributed by atoms with Crippen LogP contribution in [0.2, 0.25) is 0 Å². The second-order valence-corrected chi connectivity index (χ2v) is 2.94. The Morgan fingerprint density at radius 2 is 1.93 bits per heavy atom. The third kappa shape index (κ3) is 1.63. The molecule has 15 heavy (non-hydrogen) atoms. The Morgan fingerprint density at radius 1 is 1.20 bits per heavy atom. The van der Waals surface area contributed by atoms with E-state index in [9.17, 15) is 5.11 Å². The van der Waals surface area contributed by atoms with Gasteiger partial charge < -0.3 is 5.11 Å². The maximum Gasteiger partial charge on any atom is 0.124 e. The van der Waals surface area contributed by atoms with Crippen LogP contribution in [0.4, 0.5) is 0 Å². The largest absolute Gasteiger partial charge is 0.507 e. The SMILES string of the molecule is N#Cc1cccc(O)c1-c1cncnc1. The summed E-state index contributed by atoms with van der Waals surface area (Å²) >= 11 is 0. The first-order valence-corrected chi connectivity index (χ1v) is 4.30. The van der Waals surface area contributed by atoms with Crippen molar-refractivity contribution in [2.45, 2.75) is 0 Å². The van der Waals surface area contributed by atoms with E-state index in [2.05, 4.69) is 9.97 Å². The first-order valence-electron chi connectivity index (χ1n) is 4.30. The van der Waals surface area contributed by atoms with Gasteiger partial charge in [0.25, 0.3) is 0 Å². The van der Waals surface area contributed by atoms with Crippen LogP contribution < -0.4 is 0 Å². The molecule has 0 amide bonds. The molecule has 4 nitrogen and oxygen atoms in total. The van der Waals surface area contributed by atoms with Crippen molar-refractivity contribution in [2.75, 3.05) is 0 Å². The van der Waals surface area contributed by atoms with E-state index < -0.39 is 0 Å². The number of aromatic hydroxyl groups is 1. The van der Waals surface area contributed by atoms with Crippen molar-refractivity contribution in [1.29, 1.82) is 5.26 Å². The molecule has 0 aliphatic heterocycles. The van der Waals surface area contributed by atoms with Crippen LogP contribution >= 0.6 is 0 Å². The third-order valence-electron chi connectivity index (χ3n) is 2.01. The van der Waals surface area contributed by atoms with Gasteiger partial charge in [0.15, 0.2) is 0 Å². The van der Waals surface area contributed by atoms with Crippen LogP contribution in [0.25, 0.3) is 11.1 Å². The van der Waals surface area contributed by atoms with Gasteiger partial charge in [-0.25, -0.2) is 9.97 Å². The number of aromatic nitrogens is 2. The highest BCUT2D eigenvalue weighted by molar-refractivity contribution is 5.75. The zero-order chi connectivity index (χ0) is 10.7. The molecule has 1 heterocycles. The monoisotopic (exact) mass is 197 g/mol. The lowest BCUT2D eigenvalue weighted by molar-refractivity contribution is 0.477. The third-order valence-corrected chi connectivity index (χ3v) is 2.01. The van der Waals surface area contributed by atoms with E-state index in [1.165, 1.54) is 12.4 Å². The number of hydrogen-bond donors (Lipinski definition) is 1. The number of nitriles is 1. The summed E-state index contributed by atoms with van der Waals surface area (Å²) in [5.74, 6) is 0.0591. The fraction of sp³-hybridized carbons (Fsp3) is 0. The van der Waals surface area contributed by atoms with Crippen LogP contribution in [0.15, 0.2) is 36.9 Å². The number of rotatable bonds is 1. The summed E-state index contributed by atoms with van der Waals surface area (Å²) in [7, 11) is 0. The summed E-state index contributed by atoms with van der Waals surface area (Å²) in [6, 6.07) is 6.82. The van der Waals surface area contributed by atoms with Crippen LogP contribution in [0.3, 0.4) is 0 Å². The van der Waals surface area contributed by atoms with Crippen LogP contribution in [-0.4, -0.2) is 15.1 Å². The van der Waals surface area contributed by atoms with Gasteiger partial charge in [0.2, 0.25) is 0 Å². The molecule has 0 atom stereocenters. The van der Waals surface area contributed by atoms with Crippen molar-refractivity contribution >= 4 is 0 Å². The molecular formula is C11H7N3O. The average Bonchev–Trinajstić information content (AvgIpc) is 2.29. The Balaban J connectivity index is 2.68. The van der Waals surface area contributed by atoms with Gasteiger partial charge in [0.05, 0.1) is 11.6 Å². The van der Waals surface area contributed by atoms with Crippen molar-refractivity contribution in [3.05, 3.63) is 42.5 Å². The fourth-order valence-corrected chi connectivity index (χ4v) is 1.36. The molecule has 0 radical (unpaired) electrons. The Hall–Kier alpha value is -2.41. The molecule has 2 rings (SSSR count). The summed E-state index contributed by atoms with van der Waals surface area (Å²) in [4.78, 5) is 7.69. The standard InChI is InChI=1S/C11H7N3O/c12-4-8-2-1-3-10(15)11(8)9-5-13-7-14-6-9/h1-3,5-7,15H. The van der Waals surface area contributed by atoms with Crippen molar-refractivity contribution in [2.24, 2.45) is 0 Å². The van der Waals surface area contributed by atoms with Gasteiger partial charge in [-0.1, -0.05) is 6.07 Å².